The molecule has 14 heteroatoms. The van der Waals surface area contributed by atoms with E-state index in [1.807, 2.05) is 24.3 Å². The highest BCUT2D eigenvalue weighted by Crippen LogP contribution is 2.36. The third kappa shape index (κ3) is 39.9. The molecule has 12 nitrogen and oxygen atoms in total. The number of hydrogen-bond donors (Lipinski definition) is 5. The van der Waals surface area contributed by atoms with Crippen LogP contribution >= 0.6 is 19.6 Å². The van der Waals surface area contributed by atoms with Gasteiger partial charge in [-0.3, -0.25) is 18.9 Å². The number of carbonyl (C=O) groups is 3. The smallest absolute Gasteiger partial charge is 0.469 e. The zero-order valence-electron chi connectivity index (χ0n) is 37.0. The van der Waals surface area contributed by atoms with E-state index >= 15 is 0 Å². The number of nitrogens with two attached hydrogens (primary N) is 1. The molecule has 0 bridgehead atoms. The van der Waals surface area contributed by atoms with E-state index in [1.165, 1.54) is 114 Å². The van der Waals surface area contributed by atoms with Crippen LogP contribution in [0.4, 0.5) is 0 Å². The number of allylic oxidation sites excluding steroid dienone is 7. The maximum Gasteiger partial charge on any atom is 0.469 e. The van der Waals surface area contributed by atoms with Gasteiger partial charge >= 0.3 is 25.7 Å². The second-order valence-corrected chi connectivity index (χ2v) is 18.0. The molecule has 6 N–H and O–H groups in total. The van der Waals surface area contributed by atoms with Crippen LogP contribution in [0, 0.1) is 0 Å². The number of aliphatic carboxylic acids is 1. The van der Waals surface area contributed by atoms with Crippen LogP contribution in [0.2, 0.25) is 0 Å². The van der Waals surface area contributed by atoms with Gasteiger partial charge in [0.15, 0.2) is 6.10 Å². The summed E-state index contributed by atoms with van der Waals surface area (Å²) >= 11 is 1.21. The van der Waals surface area contributed by atoms with Gasteiger partial charge in [0.1, 0.15) is 12.6 Å². The third-order valence-corrected chi connectivity index (χ3v) is 11.7. The van der Waals surface area contributed by atoms with E-state index in [9.17, 15) is 33.8 Å². The summed E-state index contributed by atoms with van der Waals surface area (Å²) < 4.78 is 26.5. The Balaban J connectivity index is 4.74. The van der Waals surface area contributed by atoms with E-state index in [0.717, 1.165) is 32.1 Å². The predicted octanol–water partition coefficient (Wildman–Crippen LogP) is 10.8. The molecule has 0 heterocycles. The summed E-state index contributed by atoms with van der Waals surface area (Å²) in [5, 5.41) is 19.3. The van der Waals surface area contributed by atoms with Crippen molar-refractivity contribution in [3.05, 3.63) is 48.6 Å². The lowest BCUT2D eigenvalue weighted by atomic mass is 10.0. The largest absolute Gasteiger partial charge is 0.481 e. The molecule has 0 aromatic carbocycles. The van der Waals surface area contributed by atoms with E-state index in [2.05, 4.69) is 30.5 Å². The molecule has 0 radical (unpaired) electrons. The van der Waals surface area contributed by atoms with Gasteiger partial charge in [-0.25, -0.2) is 4.57 Å². The molecule has 0 saturated heterocycles. The fourth-order valence-electron chi connectivity index (χ4n) is 6.29. The number of aliphatic hydroxyl groups excluding tert-OH is 1. The number of phosphoric acid groups is 1. The van der Waals surface area contributed by atoms with Crippen molar-refractivity contribution in [1.29, 1.82) is 0 Å². The SMILES string of the molecule is CCCCC/C=C\C\C=C/C=C/C=C/[C@@H](SC[C@H](N)C(=O)OC[C@H](COP(=O)(O)O)OC(=O)CCCCCCCCCCCCCCCCCCC)[C@@H](O)CCCC(=O)O. The van der Waals surface area contributed by atoms with Gasteiger partial charge in [0, 0.05) is 23.8 Å². The molecule has 0 saturated carbocycles. The molecule has 0 amide bonds. The van der Waals surface area contributed by atoms with Gasteiger partial charge in [0.25, 0.3) is 0 Å². The Morgan fingerprint density at radius 3 is 1.80 bits per heavy atom. The number of phosphoric ester groups is 1. The molecular formula is C46H82NO11PS. The fourth-order valence-corrected chi connectivity index (χ4v) is 7.77. The van der Waals surface area contributed by atoms with E-state index < -0.39 is 62.4 Å². The Kier molecular flexibility index (Phi) is 39.3. The van der Waals surface area contributed by atoms with Crippen molar-refractivity contribution in [2.45, 2.75) is 204 Å². The number of ether oxygens (including phenoxy) is 2. The van der Waals surface area contributed by atoms with Crippen LogP contribution in [0.1, 0.15) is 181 Å². The lowest BCUT2D eigenvalue weighted by Gasteiger charge is -2.22. The summed E-state index contributed by atoms with van der Waals surface area (Å²) in [6.45, 7) is 3.23. The van der Waals surface area contributed by atoms with Crippen LogP contribution in [0.15, 0.2) is 48.6 Å². The van der Waals surface area contributed by atoms with Gasteiger partial charge in [0.2, 0.25) is 0 Å². The minimum Gasteiger partial charge on any atom is -0.481 e. The van der Waals surface area contributed by atoms with Crippen LogP contribution in [-0.2, 0) is 32.9 Å². The molecule has 0 aliphatic heterocycles. The van der Waals surface area contributed by atoms with Crippen molar-refractivity contribution in [3.63, 3.8) is 0 Å². The Morgan fingerprint density at radius 2 is 1.23 bits per heavy atom. The lowest BCUT2D eigenvalue weighted by Crippen LogP contribution is -2.38. The van der Waals surface area contributed by atoms with Gasteiger partial charge in [-0.15, -0.1) is 11.8 Å². The zero-order valence-corrected chi connectivity index (χ0v) is 38.7. The van der Waals surface area contributed by atoms with Crippen molar-refractivity contribution >= 4 is 37.5 Å². The molecule has 0 aliphatic rings. The first-order valence-electron chi connectivity index (χ1n) is 22.9. The van der Waals surface area contributed by atoms with Crippen LogP contribution in [0.3, 0.4) is 0 Å². The minimum absolute atomic E-state index is 0.0424. The Hall–Kier alpha value is -2.25. The van der Waals surface area contributed by atoms with Crippen molar-refractivity contribution < 1.29 is 52.9 Å². The van der Waals surface area contributed by atoms with Crippen LogP contribution in [-0.4, -0.2) is 80.4 Å². The molecule has 0 rings (SSSR count). The highest BCUT2D eigenvalue weighted by molar-refractivity contribution is 8.00. The second kappa shape index (κ2) is 40.8. The van der Waals surface area contributed by atoms with E-state index in [-0.39, 0.29) is 31.4 Å². The molecule has 0 aromatic rings. The van der Waals surface area contributed by atoms with Crippen molar-refractivity contribution in [2.75, 3.05) is 19.0 Å². The quantitative estimate of drug-likeness (QED) is 0.0127. The molecule has 0 unspecified atom stereocenters. The molecule has 4 atom stereocenters. The Labute approximate surface area is 366 Å². The Morgan fingerprint density at radius 1 is 0.683 bits per heavy atom. The first-order chi connectivity index (χ1) is 28.9. The maximum absolute atomic E-state index is 12.8. The van der Waals surface area contributed by atoms with Gasteiger partial charge < -0.3 is 35.2 Å². The molecule has 60 heavy (non-hydrogen) atoms. The average molecular weight is 888 g/mol. The van der Waals surface area contributed by atoms with Crippen LogP contribution < -0.4 is 5.73 Å². The predicted molar refractivity (Wildman–Crippen MR) is 245 cm³/mol. The first-order valence-corrected chi connectivity index (χ1v) is 25.5. The molecule has 348 valence electrons. The Bertz CT molecular complexity index is 1240. The summed E-state index contributed by atoms with van der Waals surface area (Å²) in [7, 11) is -4.89. The maximum atomic E-state index is 12.8. The van der Waals surface area contributed by atoms with Gasteiger partial charge in [-0.05, 0) is 38.5 Å². The average Bonchev–Trinajstić information content (AvgIpc) is 3.20. The normalized spacial score (nSPS) is 14.4. The van der Waals surface area contributed by atoms with E-state index in [1.54, 1.807) is 12.2 Å². The monoisotopic (exact) mass is 888 g/mol. The lowest BCUT2D eigenvalue weighted by molar-refractivity contribution is -0.161. The fraction of sp³-hybridized carbons (Fsp3) is 0.761. The van der Waals surface area contributed by atoms with Crippen molar-refractivity contribution in [3.8, 4) is 0 Å². The number of unbranched alkanes of at least 4 members (excludes halogenated alkanes) is 19. The molecule has 0 fully saturated rings. The first kappa shape index (κ1) is 57.8. The number of carboxylic acid groups (broad SMARTS) is 1. The minimum atomic E-state index is -4.89. The standard InChI is InChI=1S/C46H82NO11PS/c1-3-5-7-9-11-13-15-17-18-19-20-21-23-25-27-29-31-36-45(51)58-40(38-57-59(53,54)55)37-56-46(52)41(47)39-60-43(42(48)33-32-35-44(49)50)34-30-28-26-24-22-16-14-12-10-8-6-4-2/h12,14,22,24,26,28,30,34,40-43,48H,3-11,13,15-21,23,25,27,29,31-33,35-39,47H2,1-2H3,(H,49,50)(H2,53,54,55)/b14-12-,24-22-,28-26+,34-30+/t40-,41+,42+,43-/m1/s1. The number of carbonyl (C=O) groups excluding carboxylic acids is 2. The number of esters is 2. The van der Waals surface area contributed by atoms with Crippen molar-refractivity contribution in [1.82, 2.24) is 0 Å². The zero-order chi connectivity index (χ0) is 44.5. The number of aliphatic hydroxyl groups is 1. The second-order valence-electron chi connectivity index (χ2n) is 15.6. The molecular weight excluding hydrogens is 806 g/mol. The number of carboxylic acids is 1. The number of rotatable bonds is 42. The van der Waals surface area contributed by atoms with Gasteiger partial charge in [0.05, 0.1) is 12.7 Å². The van der Waals surface area contributed by atoms with Crippen molar-refractivity contribution in [2.24, 2.45) is 5.73 Å². The summed E-state index contributed by atoms with van der Waals surface area (Å²) in [4.78, 5) is 54.8. The summed E-state index contributed by atoms with van der Waals surface area (Å²) in [6.07, 6.45) is 40.1. The summed E-state index contributed by atoms with van der Waals surface area (Å²) in [5.74, 6) is -2.33. The van der Waals surface area contributed by atoms with Crippen LogP contribution in [0.5, 0.6) is 0 Å². The summed E-state index contributed by atoms with van der Waals surface area (Å²) in [6, 6.07) is -1.14. The van der Waals surface area contributed by atoms with Gasteiger partial charge in [-0.2, -0.15) is 0 Å². The highest BCUT2D eigenvalue weighted by Gasteiger charge is 2.26. The molecule has 0 spiro atoms. The highest BCUT2D eigenvalue weighted by atomic mass is 32.2. The van der Waals surface area contributed by atoms with Crippen LogP contribution in [0.25, 0.3) is 0 Å². The topological polar surface area (TPSA) is 203 Å². The number of thioether (sulfide) groups is 1. The third-order valence-electron chi connectivity index (χ3n) is 9.85. The molecule has 0 aromatic heterocycles. The summed E-state index contributed by atoms with van der Waals surface area (Å²) in [5.41, 5.74) is 6.11. The molecule has 0 aliphatic carbocycles. The number of hydrogen-bond acceptors (Lipinski definition) is 10. The van der Waals surface area contributed by atoms with E-state index in [0.29, 0.717) is 6.42 Å². The van der Waals surface area contributed by atoms with Gasteiger partial charge in [-0.1, -0.05) is 178 Å². The van der Waals surface area contributed by atoms with E-state index in [4.69, 9.17) is 20.3 Å².